The highest BCUT2D eigenvalue weighted by atomic mass is 16.7. The monoisotopic (exact) mass is 234 g/mol. The fraction of sp³-hybridized carbons (Fsp3) is 0.385. The molecule has 4 nitrogen and oxygen atoms in total. The summed E-state index contributed by atoms with van der Waals surface area (Å²) in [6.45, 7) is 0.396. The number of hydrogen-bond donors (Lipinski definition) is 1. The molecule has 0 saturated heterocycles. The first-order valence-electron chi connectivity index (χ1n) is 5.42. The van der Waals surface area contributed by atoms with Crippen LogP contribution in [0.5, 0.6) is 17.2 Å². The first-order chi connectivity index (χ1) is 8.35. The van der Waals surface area contributed by atoms with E-state index in [2.05, 4.69) is 11.8 Å². The van der Waals surface area contributed by atoms with Crippen molar-refractivity contribution in [1.82, 2.24) is 0 Å². The van der Waals surface area contributed by atoms with Crippen molar-refractivity contribution >= 4 is 0 Å². The lowest BCUT2D eigenvalue weighted by Gasteiger charge is -2.04. The topological polar surface area (TPSA) is 47.9 Å². The molecule has 2 rings (SSSR count). The first-order valence-corrected chi connectivity index (χ1v) is 5.42. The van der Waals surface area contributed by atoms with E-state index in [9.17, 15) is 0 Å². The molecule has 0 unspecified atom stereocenters. The zero-order valence-electron chi connectivity index (χ0n) is 9.66. The van der Waals surface area contributed by atoms with Gasteiger partial charge in [0.25, 0.3) is 0 Å². The van der Waals surface area contributed by atoms with Crippen LogP contribution in [-0.4, -0.2) is 25.6 Å². The number of methoxy groups -OCH3 is 1. The Balaban J connectivity index is 2.22. The summed E-state index contributed by atoms with van der Waals surface area (Å²) in [6, 6.07) is 3.59. The van der Waals surface area contributed by atoms with Crippen molar-refractivity contribution in [3.8, 4) is 29.1 Å². The predicted octanol–water partition coefficient (Wildman–Crippen LogP) is 1.55. The Kier molecular flexibility index (Phi) is 3.73. The van der Waals surface area contributed by atoms with Crippen LogP contribution < -0.4 is 14.2 Å². The van der Waals surface area contributed by atoms with Gasteiger partial charge in [0.2, 0.25) is 6.79 Å². The van der Waals surface area contributed by atoms with Crippen molar-refractivity contribution in [2.24, 2.45) is 0 Å². The fourth-order valence-corrected chi connectivity index (χ4v) is 1.52. The largest absolute Gasteiger partial charge is 0.495 e. The van der Waals surface area contributed by atoms with Gasteiger partial charge in [-0.05, 0) is 6.42 Å². The van der Waals surface area contributed by atoms with E-state index in [0.29, 0.717) is 30.1 Å². The third-order valence-corrected chi connectivity index (χ3v) is 2.38. The second-order valence-corrected chi connectivity index (χ2v) is 3.53. The lowest BCUT2D eigenvalue weighted by molar-refractivity contribution is 0.174. The predicted molar refractivity (Wildman–Crippen MR) is 62.3 cm³/mol. The van der Waals surface area contributed by atoms with E-state index in [1.165, 1.54) is 0 Å². The summed E-state index contributed by atoms with van der Waals surface area (Å²) >= 11 is 0. The number of hydrogen-bond acceptors (Lipinski definition) is 4. The van der Waals surface area contributed by atoms with E-state index in [0.717, 1.165) is 5.56 Å². The van der Waals surface area contributed by atoms with Crippen molar-refractivity contribution < 1.29 is 19.3 Å². The summed E-state index contributed by atoms with van der Waals surface area (Å²) in [6.07, 6.45) is 1.34. The van der Waals surface area contributed by atoms with Crippen LogP contribution >= 0.6 is 0 Å². The molecule has 1 aromatic rings. The zero-order valence-corrected chi connectivity index (χ0v) is 9.66. The lowest BCUT2D eigenvalue weighted by atomic mass is 10.1. The SMILES string of the molecule is COc1cc2c(cc1C#CCCCO)OCO2. The molecule has 0 amide bonds. The molecule has 0 atom stereocenters. The van der Waals surface area contributed by atoms with Crippen LogP contribution in [-0.2, 0) is 0 Å². The molecule has 0 radical (unpaired) electrons. The van der Waals surface area contributed by atoms with Crippen molar-refractivity contribution in [2.75, 3.05) is 20.5 Å². The summed E-state index contributed by atoms with van der Waals surface area (Å²) in [5.74, 6) is 8.04. The molecule has 0 spiro atoms. The van der Waals surface area contributed by atoms with E-state index < -0.39 is 0 Å². The van der Waals surface area contributed by atoms with Crippen molar-refractivity contribution in [3.63, 3.8) is 0 Å². The number of ether oxygens (including phenoxy) is 3. The van der Waals surface area contributed by atoms with Gasteiger partial charge in [-0.15, -0.1) is 0 Å². The van der Waals surface area contributed by atoms with E-state index in [-0.39, 0.29) is 13.4 Å². The minimum Gasteiger partial charge on any atom is -0.495 e. The van der Waals surface area contributed by atoms with Gasteiger partial charge in [0.05, 0.1) is 12.7 Å². The van der Waals surface area contributed by atoms with Crippen molar-refractivity contribution in [2.45, 2.75) is 12.8 Å². The van der Waals surface area contributed by atoms with Gasteiger partial charge in [-0.3, -0.25) is 0 Å². The highest BCUT2D eigenvalue weighted by molar-refractivity contribution is 5.57. The molecular weight excluding hydrogens is 220 g/mol. The summed E-state index contributed by atoms with van der Waals surface area (Å²) < 4.78 is 15.8. The van der Waals surface area contributed by atoms with Crippen LogP contribution in [0.4, 0.5) is 0 Å². The van der Waals surface area contributed by atoms with Crippen LogP contribution in [0.25, 0.3) is 0 Å². The molecule has 1 heterocycles. The highest BCUT2D eigenvalue weighted by Crippen LogP contribution is 2.37. The molecule has 0 saturated carbocycles. The number of benzene rings is 1. The molecule has 1 N–H and O–H groups in total. The number of unbranched alkanes of at least 4 members (excludes halogenated alkanes) is 1. The molecule has 0 aliphatic carbocycles. The number of fused-ring (bicyclic) bond motifs is 1. The van der Waals surface area contributed by atoms with Gasteiger partial charge in [-0.2, -0.15) is 0 Å². The maximum Gasteiger partial charge on any atom is 0.231 e. The third-order valence-electron chi connectivity index (χ3n) is 2.38. The summed E-state index contributed by atoms with van der Waals surface area (Å²) in [4.78, 5) is 0. The normalized spacial score (nSPS) is 11.9. The van der Waals surface area contributed by atoms with Gasteiger partial charge in [0.15, 0.2) is 11.5 Å². The molecular formula is C13H14O4. The molecule has 0 fully saturated rings. The average Bonchev–Trinajstić information content (AvgIpc) is 2.80. The third kappa shape index (κ3) is 2.63. The molecule has 1 aliphatic rings. The molecule has 4 heteroatoms. The second-order valence-electron chi connectivity index (χ2n) is 3.53. The summed E-state index contributed by atoms with van der Waals surface area (Å²) in [5, 5.41) is 8.66. The van der Waals surface area contributed by atoms with Gasteiger partial charge in [0, 0.05) is 25.2 Å². The standard InChI is InChI=1S/C13H14O4/c1-15-11-8-13-12(16-9-17-13)7-10(11)5-3-2-4-6-14/h7-8,14H,2,4,6,9H2,1H3. The van der Waals surface area contributed by atoms with Crippen molar-refractivity contribution in [3.05, 3.63) is 17.7 Å². The number of rotatable bonds is 3. The maximum absolute atomic E-state index is 8.66. The Labute approximate surface area is 100 Å². The molecule has 90 valence electrons. The van der Waals surface area contributed by atoms with Crippen LogP contribution in [0.1, 0.15) is 18.4 Å². The lowest BCUT2D eigenvalue weighted by Crippen LogP contribution is -1.92. The van der Waals surface area contributed by atoms with Crippen molar-refractivity contribution in [1.29, 1.82) is 0 Å². The summed E-state index contributed by atoms with van der Waals surface area (Å²) in [5.41, 5.74) is 0.773. The highest BCUT2D eigenvalue weighted by Gasteiger charge is 2.16. The molecule has 17 heavy (non-hydrogen) atoms. The van der Waals surface area contributed by atoms with E-state index >= 15 is 0 Å². The van der Waals surface area contributed by atoms with Gasteiger partial charge >= 0.3 is 0 Å². The minimum absolute atomic E-state index is 0.160. The Morgan fingerprint density at radius 3 is 2.82 bits per heavy atom. The van der Waals surface area contributed by atoms with E-state index in [1.807, 2.05) is 6.07 Å². The van der Waals surface area contributed by atoms with Crippen LogP contribution in [0.3, 0.4) is 0 Å². The Bertz CT molecular complexity index is 456. The van der Waals surface area contributed by atoms with Crippen LogP contribution in [0, 0.1) is 11.8 Å². The first kappa shape index (κ1) is 11.6. The van der Waals surface area contributed by atoms with Gasteiger partial charge in [0.1, 0.15) is 5.75 Å². The Hall–Kier alpha value is -1.86. The molecule has 1 aliphatic heterocycles. The van der Waals surface area contributed by atoms with Gasteiger partial charge in [-0.1, -0.05) is 11.8 Å². The second kappa shape index (κ2) is 5.46. The smallest absolute Gasteiger partial charge is 0.231 e. The molecule has 0 aromatic heterocycles. The zero-order chi connectivity index (χ0) is 12.1. The average molecular weight is 234 g/mol. The van der Waals surface area contributed by atoms with E-state index in [4.69, 9.17) is 19.3 Å². The maximum atomic E-state index is 8.66. The van der Waals surface area contributed by atoms with Crippen LogP contribution in [0.2, 0.25) is 0 Å². The van der Waals surface area contributed by atoms with Gasteiger partial charge < -0.3 is 19.3 Å². The minimum atomic E-state index is 0.160. The molecule has 1 aromatic carbocycles. The Morgan fingerprint density at radius 1 is 1.35 bits per heavy atom. The van der Waals surface area contributed by atoms with Crippen LogP contribution in [0.15, 0.2) is 12.1 Å². The molecule has 0 bridgehead atoms. The fourth-order valence-electron chi connectivity index (χ4n) is 1.52. The number of aliphatic hydroxyl groups excluding tert-OH is 1. The van der Waals surface area contributed by atoms with Gasteiger partial charge in [-0.25, -0.2) is 0 Å². The Morgan fingerprint density at radius 2 is 2.12 bits per heavy atom. The summed E-state index contributed by atoms with van der Waals surface area (Å²) in [7, 11) is 1.59. The quantitative estimate of drug-likeness (QED) is 0.636. The number of aliphatic hydroxyl groups is 1. The van der Waals surface area contributed by atoms with E-state index in [1.54, 1.807) is 13.2 Å².